The molecule has 0 atom stereocenters. The van der Waals surface area contributed by atoms with Gasteiger partial charge in [-0.05, 0) is 26.0 Å². The Morgan fingerprint density at radius 1 is 1.33 bits per heavy atom. The van der Waals surface area contributed by atoms with Gasteiger partial charge < -0.3 is 15.4 Å². The first kappa shape index (κ1) is 15.0. The Hall–Kier alpha value is -2.37. The van der Waals surface area contributed by atoms with Crippen molar-refractivity contribution in [3.8, 4) is 0 Å². The summed E-state index contributed by atoms with van der Waals surface area (Å²) in [5, 5.41) is 9.40. The second kappa shape index (κ2) is 4.87. The summed E-state index contributed by atoms with van der Waals surface area (Å²) in [6, 6.07) is 4.88. The molecule has 0 aliphatic heterocycles. The monoisotopic (exact) mass is 289 g/mol. The number of primary amides is 1. The maximum atomic E-state index is 11.8. The van der Waals surface area contributed by atoms with Crippen molar-refractivity contribution in [2.45, 2.75) is 39.2 Å². The number of nitrogens with zero attached hydrogens (tertiary/aromatic N) is 2. The van der Waals surface area contributed by atoms with Crippen molar-refractivity contribution >= 4 is 22.9 Å². The molecule has 1 amide bonds. The molecular formula is C15H19N3O3. The van der Waals surface area contributed by atoms with Crippen LogP contribution in [0.2, 0.25) is 0 Å². The number of hydrogen-bond donors (Lipinski definition) is 2. The largest absolute Gasteiger partial charge is 0.478 e. The number of imidazole rings is 1. The van der Waals surface area contributed by atoms with Crippen LogP contribution in [0.5, 0.6) is 0 Å². The Balaban J connectivity index is 2.97. The summed E-state index contributed by atoms with van der Waals surface area (Å²) in [5.74, 6) is -0.929. The number of nitrogens with two attached hydrogens (primary N) is 1. The molecule has 0 bridgehead atoms. The average molecular weight is 289 g/mol. The van der Waals surface area contributed by atoms with E-state index in [1.165, 1.54) is 6.07 Å². The lowest BCUT2D eigenvalue weighted by atomic mass is 10.0. The molecule has 3 N–H and O–H groups in total. The highest BCUT2D eigenvalue weighted by atomic mass is 16.4. The highest BCUT2D eigenvalue weighted by molar-refractivity contribution is 6.02. The smallest absolute Gasteiger partial charge is 0.337 e. The van der Waals surface area contributed by atoms with Gasteiger partial charge in [0.15, 0.2) is 0 Å². The van der Waals surface area contributed by atoms with Crippen LogP contribution in [0.15, 0.2) is 18.2 Å². The number of rotatable bonds is 4. The Morgan fingerprint density at radius 3 is 2.43 bits per heavy atom. The van der Waals surface area contributed by atoms with Crippen LogP contribution in [0.25, 0.3) is 11.0 Å². The molecule has 2 aromatic rings. The second-order valence-corrected chi connectivity index (χ2v) is 5.86. The third-order valence-electron chi connectivity index (χ3n) is 3.61. The molecule has 6 nitrogen and oxygen atoms in total. The zero-order valence-electron chi connectivity index (χ0n) is 12.5. The number of aromatic nitrogens is 2. The summed E-state index contributed by atoms with van der Waals surface area (Å²) in [6.07, 6.45) is 0. The first-order chi connectivity index (χ1) is 9.67. The fourth-order valence-corrected chi connectivity index (χ4v) is 2.38. The molecule has 0 unspecified atom stereocenters. The van der Waals surface area contributed by atoms with Crippen molar-refractivity contribution < 1.29 is 14.7 Å². The van der Waals surface area contributed by atoms with Crippen LogP contribution in [0.3, 0.4) is 0 Å². The highest BCUT2D eigenvalue weighted by Crippen LogP contribution is 2.31. The van der Waals surface area contributed by atoms with Crippen molar-refractivity contribution in [3.63, 3.8) is 0 Å². The van der Waals surface area contributed by atoms with Crippen LogP contribution >= 0.6 is 0 Å². The summed E-state index contributed by atoms with van der Waals surface area (Å²) in [7, 11) is 0. The number of carboxylic acid groups (broad SMARTS) is 1. The molecule has 0 fully saturated rings. The first-order valence-corrected chi connectivity index (χ1v) is 6.73. The van der Waals surface area contributed by atoms with Crippen LogP contribution in [-0.2, 0) is 10.3 Å². The number of carbonyl (C=O) groups is 2. The van der Waals surface area contributed by atoms with E-state index in [0.29, 0.717) is 16.9 Å². The normalized spacial score (nSPS) is 12.0. The fraction of sp³-hybridized carbons (Fsp3) is 0.400. The average Bonchev–Trinajstić information content (AvgIpc) is 2.77. The molecule has 6 heteroatoms. The van der Waals surface area contributed by atoms with Crippen LogP contribution in [0, 0.1) is 0 Å². The summed E-state index contributed by atoms with van der Waals surface area (Å²) in [5.41, 5.74) is 5.53. The van der Waals surface area contributed by atoms with E-state index in [2.05, 4.69) is 4.98 Å². The van der Waals surface area contributed by atoms with Gasteiger partial charge in [0.05, 0.1) is 16.6 Å². The first-order valence-electron chi connectivity index (χ1n) is 6.73. The number of benzene rings is 1. The predicted octanol–water partition coefficient (Wildman–Crippen LogP) is 2.08. The third kappa shape index (κ3) is 2.26. The van der Waals surface area contributed by atoms with Gasteiger partial charge in [0.1, 0.15) is 11.4 Å². The van der Waals surface area contributed by atoms with E-state index in [1.807, 2.05) is 13.8 Å². The van der Waals surface area contributed by atoms with Gasteiger partial charge in [-0.3, -0.25) is 4.79 Å². The van der Waals surface area contributed by atoms with Crippen LogP contribution in [0.4, 0.5) is 0 Å². The van der Waals surface area contributed by atoms with Gasteiger partial charge in [0.25, 0.3) is 0 Å². The predicted molar refractivity (Wildman–Crippen MR) is 79.3 cm³/mol. The Kier molecular flexibility index (Phi) is 3.49. The topological polar surface area (TPSA) is 98.2 Å². The van der Waals surface area contributed by atoms with Crippen molar-refractivity contribution in [2.24, 2.45) is 5.73 Å². The standard InChI is InChI=1S/C15H19N3O3/c1-8(2)12-17-10-7-5-6-9(13(19)20)11(10)18(12)15(3,4)14(16)21/h5-8H,1-4H3,(H2,16,21)(H,19,20). The van der Waals surface area contributed by atoms with Gasteiger partial charge in [-0.15, -0.1) is 0 Å². The quantitative estimate of drug-likeness (QED) is 0.900. The van der Waals surface area contributed by atoms with E-state index in [0.717, 1.165) is 0 Å². The molecular weight excluding hydrogens is 270 g/mol. The van der Waals surface area contributed by atoms with Gasteiger partial charge in [0, 0.05) is 5.92 Å². The highest BCUT2D eigenvalue weighted by Gasteiger charge is 2.33. The number of fused-ring (bicyclic) bond motifs is 1. The Labute approximate surface area is 122 Å². The molecule has 1 aromatic heterocycles. The van der Waals surface area contributed by atoms with Crippen LogP contribution in [0.1, 0.15) is 49.8 Å². The van der Waals surface area contributed by atoms with Gasteiger partial charge in [-0.2, -0.15) is 0 Å². The second-order valence-electron chi connectivity index (χ2n) is 5.86. The number of carboxylic acids is 1. The van der Waals surface area contributed by atoms with Crippen molar-refractivity contribution in [3.05, 3.63) is 29.6 Å². The van der Waals surface area contributed by atoms with Crippen molar-refractivity contribution in [2.75, 3.05) is 0 Å². The van der Waals surface area contributed by atoms with Gasteiger partial charge in [0.2, 0.25) is 5.91 Å². The van der Waals surface area contributed by atoms with E-state index in [9.17, 15) is 14.7 Å². The molecule has 0 aliphatic rings. The number of amides is 1. The van der Waals surface area contributed by atoms with E-state index in [4.69, 9.17) is 5.73 Å². The minimum Gasteiger partial charge on any atom is -0.478 e. The van der Waals surface area contributed by atoms with E-state index in [-0.39, 0.29) is 11.5 Å². The zero-order chi connectivity index (χ0) is 15.9. The minimum atomic E-state index is -1.07. The molecule has 0 saturated heterocycles. The van der Waals surface area contributed by atoms with Gasteiger partial charge >= 0.3 is 5.97 Å². The maximum Gasteiger partial charge on any atom is 0.337 e. The lowest BCUT2D eigenvalue weighted by molar-refractivity contribution is -0.125. The lowest BCUT2D eigenvalue weighted by Crippen LogP contribution is -2.42. The van der Waals surface area contributed by atoms with Crippen molar-refractivity contribution in [1.82, 2.24) is 9.55 Å². The SMILES string of the molecule is CC(C)c1nc2cccc(C(=O)O)c2n1C(C)(C)C(N)=O. The Morgan fingerprint density at radius 2 is 1.95 bits per heavy atom. The van der Waals surface area contributed by atoms with Gasteiger partial charge in [-0.25, -0.2) is 9.78 Å². The molecule has 112 valence electrons. The molecule has 0 saturated carbocycles. The summed E-state index contributed by atoms with van der Waals surface area (Å²) in [6.45, 7) is 7.21. The molecule has 0 radical (unpaired) electrons. The number of carbonyl (C=O) groups excluding carboxylic acids is 1. The molecule has 0 spiro atoms. The summed E-state index contributed by atoms with van der Waals surface area (Å²) in [4.78, 5) is 27.8. The third-order valence-corrected chi connectivity index (χ3v) is 3.61. The molecule has 1 heterocycles. The maximum absolute atomic E-state index is 11.8. The van der Waals surface area contributed by atoms with Crippen molar-refractivity contribution in [1.29, 1.82) is 0 Å². The van der Waals surface area contributed by atoms with E-state index < -0.39 is 17.4 Å². The minimum absolute atomic E-state index is 0.0256. The summed E-state index contributed by atoms with van der Waals surface area (Å²) >= 11 is 0. The fourth-order valence-electron chi connectivity index (χ4n) is 2.38. The summed E-state index contributed by atoms with van der Waals surface area (Å²) < 4.78 is 1.65. The van der Waals surface area contributed by atoms with Gasteiger partial charge in [-0.1, -0.05) is 19.9 Å². The zero-order valence-corrected chi connectivity index (χ0v) is 12.5. The number of para-hydroxylation sites is 1. The number of aromatic carboxylic acids is 1. The molecule has 0 aliphatic carbocycles. The Bertz CT molecular complexity index is 729. The van der Waals surface area contributed by atoms with Crippen LogP contribution < -0.4 is 5.73 Å². The van der Waals surface area contributed by atoms with E-state index >= 15 is 0 Å². The molecule has 2 rings (SSSR count). The molecule has 21 heavy (non-hydrogen) atoms. The number of hydrogen-bond acceptors (Lipinski definition) is 3. The van der Waals surface area contributed by atoms with E-state index in [1.54, 1.807) is 30.5 Å². The lowest BCUT2D eigenvalue weighted by Gasteiger charge is -2.27. The van der Waals surface area contributed by atoms with Crippen LogP contribution in [-0.4, -0.2) is 26.5 Å². The molecule has 1 aromatic carbocycles.